The summed E-state index contributed by atoms with van der Waals surface area (Å²) in [5.41, 5.74) is 2.21. The van der Waals surface area contributed by atoms with Crippen LogP contribution >= 0.6 is 0 Å². The lowest BCUT2D eigenvalue weighted by molar-refractivity contribution is 0.0360. The van der Waals surface area contributed by atoms with E-state index in [9.17, 15) is 14.9 Å². The molecular formula is C35H36N6O4. The molecule has 6 rings (SSSR count). The Morgan fingerprint density at radius 1 is 0.911 bits per heavy atom. The van der Waals surface area contributed by atoms with Gasteiger partial charge in [0.05, 0.1) is 17.7 Å². The summed E-state index contributed by atoms with van der Waals surface area (Å²) in [7, 11) is 0. The minimum absolute atomic E-state index is 0.0940. The third kappa shape index (κ3) is 6.99. The van der Waals surface area contributed by atoms with E-state index in [2.05, 4.69) is 20.9 Å². The number of nitrogens with zero attached hydrogens (tertiary/aromatic N) is 6. The van der Waals surface area contributed by atoms with Gasteiger partial charge >= 0.3 is 0 Å². The summed E-state index contributed by atoms with van der Waals surface area (Å²) >= 11 is 0. The molecule has 2 aromatic heterocycles. The van der Waals surface area contributed by atoms with E-state index in [4.69, 9.17) is 9.15 Å². The lowest BCUT2D eigenvalue weighted by atomic mass is 9.75. The minimum Gasteiger partial charge on any atom is -0.492 e. The van der Waals surface area contributed by atoms with Gasteiger partial charge in [-0.05, 0) is 55.5 Å². The van der Waals surface area contributed by atoms with Crippen molar-refractivity contribution in [3.05, 3.63) is 108 Å². The highest BCUT2D eigenvalue weighted by Gasteiger charge is 2.38. The van der Waals surface area contributed by atoms with Crippen LogP contribution in [0.1, 0.15) is 57.7 Å². The molecule has 0 unspecified atom stereocenters. The number of nitriles is 1. The van der Waals surface area contributed by atoms with E-state index < -0.39 is 0 Å². The molecule has 0 saturated carbocycles. The molecule has 230 valence electrons. The number of carbonyl (C=O) groups is 2. The molecule has 2 aliphatic rings. The molecule has 0 atom stereocenters. The van der Waals surface area contributed by atoms with Gasteiger partial charge in [0, 0.05) is 50.9 Å². The van der Waals surface area contributed by atoms with Gasteiger partial charge in [0.25, 0.3) is 11.8 Å². The van der Waals surface area contributed by atoms with E-state index >= 15 is 0 Å². The number of aromatic nitrogens is 2. The van der Waals surface area contributed by atoms with Gasteiger partial charge in [-0.25, -0.2) is 9.97 Å². The number of piperidine rings is 1. The van der Waals surface area contributed by atoms with Crippen LogP contribution in [0.4, 0.5) is 5.82 Å². The average Bonchev–Trinajstić information content (AvgIpc) is 3.64. The Morgan fingerprint density at radius 3 is 2.44 bits per heavy atom. The Labute approximate surface area is 262 Å². The number of amides is 2. The third-order valence-corrected chi connectivity index (χ3v) is 8.89. The summed E-state index contributed by atoms with van der Waals surface area (Å²) in [5, 5.41) is 9.31. The summed E-state index contributed by atoms with van der Waals surface area (Å²) in [6.07, 6.45) is 7.54. The number of likely N-dealkylation sites (tertiary alicyclic amines) is 1. The van der Waals surface area contributed by atoms with E-state index in [0.717, 1.165) is 43.6 Å². The van der Waals surface area contributed by atoms with Crippen molar-refractivity contribution in [1.29, 1.82) is 5.26 Å². The molecule has 1 fully saturated rings. The normalized spacial score (nSPS) is 17.3. The lowest BCUT2D eigenvalue weighted by Gasteiger charge is -2.42. The van der Waals surface area contributed by atoms with Crippen molar-refractivity contribution < 1.29 is 18.7 Å². The molecular weight excluding hydrogens is 568 g/mol. The van der Waals surface area contributed by atoms with E-state index in [-0.39, 0.29) is 17.2 Å². The fourth-order valence-corrected chi connectivity index (χ4v) is 6.22. The topological polar surface area (TPSA) is 116 Å². The van der Waals surface area contributed by atoms with Crippen LogP contribution in [0.2, 0.25) is 0 Å². The van der Waals surface area contributed by atoms with Gasteiger partial charge in [0.1, 0.15) is 23.9 Å². The number of carbonyl (C=O) groups excluding carboxylic acids is 2. The number of hydrogen-bond donors (Lipinski definition) is 0. The number of rotatable bonds is 4. The van der Waals surface area contributed by atoms with Crippen LogP contribution in [0.5, 0.6) is 5.75 Å². The zero-order chi connectivity index (χ0) is 31.1. The minimum atomic E-state index is -0.182. The molecule has 0 N–H and O–H groups in total. The predicted molar refractivity (Wildman–Crippen MR) is 168 cm³/mol. The Hall–Kier alpha value is -5.17. The monoisotopic (exact) mass is 604 g/mol. The molecule has 0 radical (unpaired) electrons. The molecule has 2 aromatic carbocycles. The van der Waals surface area contributed by atoms with Gasteiger partial charge in [-0.2, -0.15) is 5.26 Å². The van der Waals surface area contributed by atoms with Gasteiger partial charge < -0.3 is 23.9 Å². The maximum Gasteiger partial charge on any atom is 0.275 e. The number of hydrogen-bond acceptors (Lipinski definition) is 8. The fraction of sp³-hybridized carbons (Fsp3) is 0.343. The lowest BCUT2D eigenvalue weighted by Crippen LogP contribution is -2.46. The standard InChI is InChI=1S/C35H36N6O4/c36-21-28-11-12-32(37-22-28)39-16-6-13-35(14-17-40(18-15-35)34(43)30-24-44-26-38-30)25-45-31-10-5-4-9-29(31)33(42)41(20-19-39)23-27-7-2-1-3-8-27/h1-5,7-12,22,24,26H,6,13-20,23,25H2. The first-order valence-electron chi connectivity index (χ1n) is 15.4. The first-order valence-corrected chi connectivity index (χ1v) is 15.4. The van der Waals surface area contributed by atoms with Crippen LogP contribution < -0.4 is 9.64 Å². The molecule has 10 heteroatoms. The first-order chi connectivity index (χ1) is 22.0. The second-order valence-electron chi connectivity index (χ2n) is 11.8. The highest BCUT2D eigenvalue weighted by molar-refractivity contribution is 5.97. The zero-order valence-electron chi connectivity index (χ0n) is 25.2. The Bertz CT molecular complexity index is 1630. The molecule has 2 amide bonds. The largest absolute Gasteiger partial charge is 0.492 e. The molecule has 2 aliphatic heterocycles. The number of oxazole rings is 1. The first kappa shape index (κ1) is 29.9. The smallest absolute Gasteiger partial charge is 0.275 e. The molecule has 10 nitrogen and oxygen atoms in total. The molecule has 4 heterocycles. The Balaban J connectivity index is 1.29. The van der Waals surface area contributed by atoms with E-state index in [1.807, 2.05) is 70.5 Å². The van der Waals surface area contributed by atoms with Crippen molar-refractivity contribution in [2.24, 2.45) is 5.41 Å². The van der Waals surface area contributed by atoms with Gasteiger partial charge in [-0.1, -0.05) is 42.5 Å². The Morgan fingerprint density at radius 2 is 1.71 bits per heavy atom. The zero-order valence-corrected chi connectivity index (χ0v) is 25.2. The summed E-state index contributed by atoms with van der Waals surface area (Å²) < 4.78 is 11.6. The summed E-state index contributed by atoms with van der Waals surface area (Å²) in [5.74, 6) is 1.13. The van der Waals surface area contributed by atoms with Crippen molar-refractivity contribution in [3.63, 3.8) is 0 Å². The molecule has 0 aliphatic carbocycles. The number of ether oxygens (including phenoxy) is 1. The Kier molecular flexibility index (Phi) is 9.06. The van der Waals surface area contributed by atoms with E-state index in [1.165, 1.54) is 12.7 Å². The molecule has 4 aromatic rings. The van der Waals surface area contributed by atoms with Crippen LogP contribution in [-0.2, 0) is 6.54 Å². The van der Waals surface area contributed by atoms with Crippen molar-refractivity contribution in [2.75, 3.05) is 44.2 Å². The van der Waals surface area contributed by atoms with Crippen LogP contribution in [-0.4, -0.2) is 70.9 Å². The number of benzene rings is 2. The second kappa shape index (κ2) is 13.6. The SMILES string of the molecule is N#Cc1ccc(N2CCCC3(CCN(C(=O)c4cocn4)CC3)COc3ccccc3C(=O)N(Cc3ccccc3)CC2)nc1. The van der Waals surface area contributed by atoms with Gasteiger partial charge in [0.15, 0.2) is 12.1 Å². The van der Waals surface area contributed by atoms with Crippen molar-refractivity contribution in [1.82, 2.24) is 19.8 Å². The average molecular weight is 605 g/mol. The van der Waals surface area contributed by atoms with Crippen LogP contribution in [0.25, 0.3) is 0 Å². The van der Waals surface area contributed by atoms with Crippen LogP contribution in [0.15, 0.2) is 90.0 Å². The highest BCUT2D eigenvalue weighted by atomic mass is 16.5. The van der Waals surface area contributed by atoms with E-state index in [0.29, 0.717) is 61.9 Å². The predicted octanol–water partition coefficient (Wildman–Crippen LogP) is 5.19. The molecule has 0 bridgehead atoms. The van der Waals surface area contributed by atoms with Crippen LogP contribution in [0, 0.1) is 16.7 Å². The second-order valence-corrected chi connectivity index (χ2v) is 11.8. The van der Waals surface area contributed by atoms with Crippen molar-refractivity contribution in [3.8, 4) is 11.8 Å². The number of para-hydroxylation sites is 1. The molecule has 1 spiro atoms. The van der Waals surface area contributed by atoms with Gasteiger partial charge in [-0.15, -0.1) is 0 Å². The van der Waals surface area contributed by atoms with Gasteiger partial charge in [0.2, 0.25) is 0 Å². The summed E-state index contributed by atoms with van der Waals surface area (Å²) in [4.78, 5) is 41.7. The third-order valence-electron chi connectivity index (χ3n) is 8.89. The molecule has 45 heavy (non-hydrogen) atoms. The number of fused-ring (bicyclic) bond motifs is 1. The van der Waals surface area contributed by atoms with Crippen LogP contribution in [0.3, 0.4) is 0 Å². The van der Waals surface area contributed by atoms with Crippen molar-refractivity contribution in [2.45, 2.75) is 32.2 Å². The highest BCUT2D eigenvalue weighted by Crippen LogP contribution is 2.38. The van der Waals surface area contributed by atoms with Crippen molar-refractivity contribution >= 4 is 17.6 Å². The van der Waals surface area contributed by atoms with Gasteiger partial charge in [-0.3, -0.25) is 9.59 Å². The quantitative estimate of drug-likeness (QED) is 0.313. The maximum atomic E-state index is 14.2. The fourth-order valence-electron chi connectivity index (χ4n) is 6.22. The summed E-state index contributed by atoms with van der Waals surface area (Å²) in [6, 6.07) is 23.3. The molecule has 1 saturated heterocycles. The number of anilines is 1. The maximum absolute atomic E-state index is 14.2. The number of pyridine rings is 1. The summed E-state index contributed by atoms with van der Waals surface area (Å²) in [6.45, 7) is 3.85. The van der Waals surface area contributed by atoms with E-state index in [1.54, 1.807) is 12.3 Å².